The second-order valence-corrected chi connectivity index (χ2v) is 5.74. The second kappa shape index (κ2) is 7.41. The topological polar surface area (TPSA) is 59.3 Å². The number of ether oxygens (including phenoxy) is 1. The SMILES string of the molecule is CCn1cc(CN2CCCN(c3cc(OC)ncn3)CC2)cn1. The Balaban J connectivity index is 1.60. The summed E-state index contributed by atoms with van der Waals surface area (Å²) in [6.45, 7) is 8.06. The van der Waals surface area contributed by atoms with Crippen LogP contribution in [0, 0.1) is 0 Å². The first-order valence-electron chi connectivity index (χ1n) is 8.13. The van der Waals surface area contributed by atoms with Crippen molar-refractivity contribution in [3.63, 3.8) is 0 Å². The van der Waals surface area contributed by atoms with E-state index in [1.807, 2.05) is 16.9 Å². The maximum atomic E-state index is 5.19. The van der Waals surface area contributed by atoms with Gasteiger partial charge in [-0.25, -0.2) is 9.97 Å². The van der Waals surface area contributed by atoms with Crippen LogP contribution in [0.25, 0.3) is 0 Å². The van der Waals surface area contributed by atoms with Gasteiger partial charge < -0.3 is 9.64 Å². The first-order chi connectivity index (χ1) is 11.3. The van der Waals surface area contributed by atoms with E-state index >= 15 is 0 Å². The smallest absolute Gasteiger partial charge is 0.218 e. The summed E-state index contributed by atoms with van der Waals surface area (Å²) in [5.74, 6) is 1.56. The summed E-state index contributed by atoms with van der Waals surface area (Å²) in [4.78, 5) is 13.2. The van der Waals surface area contributed by atoms with Gasteiger partial charge in [0.05, 0.1) is 13.3 Å². The van der Waals surface area contributed by atoms with Gasteiger partial charge in [-0.3, -0.25) is 9.58 Å². The van der Waals surface area contributed by atoms with Crippen molar-refractivity contribution in [3.05, 3.63) is 30.4 Å². The normalized spacial score (nSPS) is 16.3. The molecule has 2 aromatic heterocycles. The van der Waals surface area contributed by atoms with Gasteiger partial charge >= 0.3 is 0 Å². The molecular weight excluding hydrogens is 292 g/mol. The van der Waals surface area contributed by atoms with Crippen LogP contribution in [-0.2, 0) is 13.1 Å². The lowest BCUT2D eigenvalue weighted by atomic mass is 10.3. The molecule has 0 N–H and O–H groups in total. The number of hydrogen-bond donors (Lipinski definition) is 0. The molecule has 0 amide bonds. The lowest BCUT2D eigenvalue weighted by Gasteiger charge is -2.22. The highest BCUT2D eigenvalue weighted by atomic mass is 16.5. The summed E-state index contributed by atoms with van der Waals surface area (Å²) < 4.78 is 7.17. The van der Waals surface area contributed by atoms with E-state index in [-0.39, 0.29) is 0 Å². The first-order valence-corrected chi connectivity index (χ1v) is 8.13. The molecule has 1 aliphatic rings. The molecule has 124 valence electrons. The van der Waals surface area contributed by atoms with Crippen LogP contribution in [0.3, 0.4) is 0 Å². The minimum Gasteiger partial charge on any atom is -0.481 e. The first kappa shape index (κ1) is 15.7. The molecule has 1 aliphatic heterocycles. The molecule has 1 fully saturated rings. The van der Waals surface area contributed by atoms with Gasteiger partial charge in [0.1, 0.15) is 12.1 Å². The maximum absolute atomic E-state index is 5.19. The van der Waals surface area contributed by atoms with Crippen LogP contribution < -0.4 is 9.64 Å². The Morgan fingerprint density at radius 3 is 2.87 bits per heavy atom. The maximum Gasteiger partial charge on any atom is 0.218 e. The van der Waals surface area contributed by atoms with E-state index in [9.17, 15) is 0 Å². The predicted molar refractivity (Wildman–Crippen MR) is 88.6 cm³/mol. The van der Waals surface area contributed by atoms with Crippen molar-refractivity contribution in [3.8, 4) is 5.88 Å². The molecule has 0 saturated carbocycles. The summed E-state index contributed by atoms with van der Waals surface area (Å²) in [5.41, 5.74) is 1.28. The zero-order valence-electron chi connectivity index (χ0n) is 13.9. The molecule has 0 spiro atoms. The molecule has 3 heterocycles. The molecule has 0 bridgehead atoms. The van der Waals surface area contributed by atoms with E-state index in [0.29, 0.717) is 5.88 Å². The monoisotopic (exact) mass is 316 g/mol. The van der Waals surface area contributed by atoms with E-state index in [1.54, 1.807) is 13.4 Å². The van der Waals surface area contributed by atoms with Crippen LogP contribution in [0.5, 0.6) is 5.88 Å². The number of aryl methyl sites for hydroxylation is 1. The minimum atomic E-state index is 0.614. The third kappa shape index (κ3) is 3.98. The second-order valence-electron chi connectivity index (χ2n) is 5.74. The number of anilines is 1. The van der Waals surface area contributed by atoms with Gasteiger partial charge in [-0.1, -0.05) is 0 Å². The highest BCUT2D eigenvalue weighted by Gasteiger charge is 2.17. The Morgan fingerprint density at radius 2 is 2.09 bits per heavy atom. The number of hydrogen-bond acceptors (Lipinski definition) is 6. The van der Waals surface area contributed by atoms with E-state index < -0.39 is 0 Å². The lowest BCUT2D eigenvalue weighted by Crippen LogP contribution is -2.30. The van der Waals surface area contributed by atoms with E-state index in [1.165, 1.54) is 5.56 Å². The van der Waals surface area contributed by atoms with Gasteiger partial charge in [-0.2, -0.15) is 5.10 Å². The van der Waals surface area contributed by atoms with Gasteiger partial charge in [0.15, 0.2) is 0 Å². The van der Waals surface area contributed by atoms with Crippen LogP contribution in [0.2, 0.25) is 0 Å². The third-order valence-corrected chi connectivity index (χ3v) is 4.17. The van der Waals surface area contributed by atoms with Crippen LogP contribution in [-0.4, -0.2) is 57.9 Å². The van der Waals surface area contributed by atoms with Crippen molar-refractivity contribution in [2.24, 2.45) is 0 Å². The molecule has 0 aliphatic carbocycles. The number of methoxy groups -OCH3 is 1. The molecule has 0 aromatic carbocycles. The summed E-state index contributed by atoms with van der Waals surface area (Å²) in [7, 11) is 1.63. The average Bonchev–Trinajstić information content (AvgIpc) is 2.92. The Kier molecular flexibility index (Phi) is 5.07. The van der Waals surface area contributed by atoms with Crippen molar-refractivity contribution >= 4 is 5.82 Å². The lowest BCUT2D eigenvalue weighted by molar-refractivity contribution is 0.285. The Hall–Kier alpha value is -2.15. The van der Waals surface area contributed by atoms with Crippen LogP contribution in [0.1, 0.15) is 18.9 Å². The van der Waals surface area contributed by atoms with Crippen LogP contribution in [0.4, 0.5) is 5.82 Å². The molecule has 1 saturated heterocycles. The highest BCUT2D eigenvalue weighted by molar-refractivity contribution is 5.40. The van der Waals surface area contributed by atoms with Gasteiger partial charge in [0.2, 0.25) is 5.88 Å². The van der Waals surface area contributed by atoms with Crippen molar-refractivity contribution in [1.29, 1.82) is 0 Å². The molecule has 3 rings (SSSR count). The zero-order chi connectivity index (χ0) is 16.1. The highest BCUT2D eigenvalue weighted by Crippen LogP contribution is 2.18. The largest absolute Gasteiger partial charge is 0.481 e. The van der Waals surface area contributed by atoms with E-state index in [4.69, 9.17) is 4.74 Å². The Labute approximate surface area is 136 Å². The number of aromatic nitrogens is 4. The molecule has 0 atom stereocenters. The number of rotatable bonds is 5. The molecule has 23 heavy (non-hydrogen) atoms. The fraction of sp³-hybridized carbons (Fsp3) is 0.562. The quantitative estimate of drug-likeness (QED) is 0.831. The van der Waals surface area contributed by atoms with Crippen LogP contribution in [0.15, 0.2) is 24.8 Å². The Bertz CT molecular complexity index is 629. The molecule has 2 aromatic rings. The van der Waals surface area contributed by atoms with E-state index in [0.717, 1.165) is 51.5 Å². The van der Waals surface area contributed by atoms with Crippen molar-refractivity contribution in [2.45, 2.75) is 26.4 Å². The van der Waals surface area contributed by atoms with Crippen LogP contribution >= 0.6 is 0 Å². The molecule has 0 radical (unpaired) electrons. The van der Waals surface area contributed by atoms with Gasteiger partial charge in [0.25, 0.3) is 0 Å². The average molecular weight is 316 g/mol. The molecule has 7 heteroatoms. The summed E-state index contributed by atoms with van der Waals surface area (Å²) in [5, 5.41) is 4.35. The Morgan fingerprint density at radius 1 is 1.17 bits per heavy atom. The van der Waals surface area contributed by atoms with Crippen molar-refractivity contribution < 1.29 is 4.74 Å². The van der Waals surface area contributed by atoms with Gasteiger partial charge in [0, 0.05) is 57.1 Å². The molecular formula is C16H24N6O. The summed E-state index contributed by atoms with van der Waals surface area (Å²) in [6.07, 6.45) is 6.80. The van der Waals surface area contributed by atoms with Crippen molar-refractivity contribution in [2.75, 3.05) is 38.2 Å². The predicted octanol–water partition coefficient (Wildman–Crippen LogP) is 1.41. The van der Waals surface area contributed by atoms with Gasteiger partial charge in [-0.05, 0) is 13.3 Å². The zero-order valence-corrected chi connectivity index (χ0v) is 13.9. The number of nitrogens with zero attached hydrogens (tertiary/aromatic N) is 6. The van der Waals surface area contributed by atoms with Crippen molar-refractivity contribution in [1.82, 2.24) is 24.6 Å². The summed E-state index contributed by atoms with van der Waals surface area (Å²) in [6, 6.07) is 1.90. The van der Waals surface area contributed by atoms with E-state index in [2.05, 4.69) is 38.0 Å². The molecule has 7 nitrogen and oxygen atoms in total. The fourth-order valence-electron chi connectivity index (χ4n) is 2.89. The fourth-order valence-corrected chi connectivity index (χ4v) is 2.89. The molecule has 0 unspecified atom stereocenters. The third-order valence-electron chi connectivity index (χ3n) is 4.17. The summed E-state index contributed by atoms with van der Waals surface area (Å²) >= 11 is 0. The van der Waals surface area contributed by atoms with Gasteiger partial charge in [-0.15, -0.1) is 0 Å². The minimum absolute atomic E-state index is 0.614. The standard InChI is InChI=1S/C16H24N6O/c1-3-22-12-14(10-19-22)11-20-5-4-6-21(8-7-20)15-9-16(23-2)18-13-17-15/h9-10,12-13H,3-8,11H2,1-2H3.